The molecule has 3 heteroatoms. The van der Waals surface area contributed by atoms with Crippen LogP contribution in [-0.4, -0.2) is 18.1 Å². The van der Waals surface area contributed by atoms with Crippen molar-refractivity contribution in [1.29, 1.82) is 0 Å². The fourth-order valence-electron chi connectivity index (χ4n) is 2.66. The molecule has 1 aliphatic rings. The van der Waals surface area contributed by atoms with E-state index < -0.39 is 0 Å². The summed E-state index contributed by atoms with van der Waals surface area (Å²) in [5, 5.41) is 6.76. The number of nitrogens with zero attached hydrogens (tertiary/aromatic N) is 1. The average Bonchev–Trinajstić information content (AvgIpc) is 2.35. The zero-order valence-corrected chi connectivity index (χ0v) is 11.0. The first kappa shape index (κ1) is 12.2. The van der Waals surface area contributed by atoms with Crippen LogP contribution >= 0.6 is 0 Å². The first-order valence-corrected chi connectivity index (χ1v) is 6.60. The lowest BCUT2D eigenvalue weighted by molar-refractivity contribution is 0.253. The van der Waals surface area contributed by atoms with Crippen molar-refractivity contribution in [1.82, 2.24) is 4.98 Å². The van der Waals surface area contributed by atoms with Crippen molar-refractivity contribution in [2.45, 2.75) is 39.2 Å². The van der Waals surface area contributed by atoms with Crippen LogP contribution in [0.25, 0.3) is 0 Å². The van der Waals surface area contributed by atoms with Crippen LogP contribution in [0.2, 0.25) is 0 Å². The Morgan fingerprint density at radius 3 is 2.71 bits per heavy atom. The standard InChI is InChI=1S/C14H23N3/c1-10-5-4-6-14(11(10)2)17-13-7-12(15-3)8-16-9-13/h7-11,14-15,17H,4-6H2,1-3H3. The summed E-state index contributed by atoms with van der Waals surface area (Å²) in [6, 6.07) is 2.71. The molecule has 1 aliphatic carbocycles. The fourth-order valence-corrected chi connectivity index (χ4v) is 2.66. The molecular weight excluding hydrogens is 210 g/mol. The van der Waals surface area contributed by atoms with E-state index in [1.807, 2.05) is 19.4 Å². The summed E-state index contributed by atoms with van der Waals surface area (Å²) in [7, 11) is 1.92. The molecule has 0 saturated heterocycles. The van der Waals surface area contributed by atoms with Gasteiger partial charge in [-0.3, -0.25) is 4.98 Å². The van der Waals surface area contributed by atoms with Gasteiger partial charge < -0.3 is 10.6 Å². The number of pyridine rings is 1. The van der Waals surface area contributed by atoms with Gasteiger partial charge in [0.15, 0.2) is 0 Å². The van der Waals surface area contributed by atoms with Crippen molar-refractivity contribution < 1.29 is 0 Å². The molecule has 94 valence electrons. The van der Waals surface area contributed by atoms with E-state index in [9.17, 15) is 0 Å². The number of nitrogens with one attached hydrogen (secondary N) is 2. The van der Waals surface area contributed by atoms with Gasteiger partial charge in [0, 0.05) is 13.1 Å². The second-order valence-electron chi connectivity index (χ2n) is 5.23. The predicted octanol–water partition coefficient (Wildman–Crippen LogP) is 3.36. The summed E-state index contributed by atoms with van der Waals surface area (Å²) in [5.74, 6) is 1.56. The Kier molecular flexibility index (Phi) is 3.87. The SMILES string of the molecule is CNc1cncc(NC2CCCC(C)C2C)c1. The maximum absolute atomic E-state index is 4.24. The average molecular weight is 233 g/mol. The van der Waals surface area contributed by atoms with Gasteiger partial charge in [-0.1, -0.05) is 26.7 Å². The third-order valence-electron chi connectivity index (χ3n) is 4.09. The second kappa shape index (κ2) is 5.39. The van der Waals surface area contributed by atoms with Crippen molar-refractivity contribution in [3.8, 4) is 0 Å². The molecule has 0 radical (unpaired) electrons. The number of aromatic nitrogens is 1. The third kappa shape index (κ3) is 2.90. The topological polar surface area (TPSA) is 37.0 Å². The lowest BCUT2D eigenvalue weighted by Gasteiger charge is -2.35. The quantitative estimate of drug-likeness (QED) is 0.840. The van der Waals surface area contributed by atoms with Crippen LogP contribution in [0.1, 0.15) is 33.1 Å². The maximum Gasteiger partial charge on any atom is 0.0549 e. The number of anilines is 2. The van der Waals surface area contributed by atoms with Gasteiger partial charge in [0.1, 0.15) is 0 Å². The van der Waals surface area contributed by atoms with Crippen molar-refractivity contribution in [2.75, 3.05) is 17.7 Å². The molecule has 0 amide bonds. The van der Waals surface area contributed by atoms with Crippen LogP contribution in [-0.2, 0) is 0 Å². The second-order valence-corrected chi connectivity index (χ2v) is 5.23. The van der Waals surface area contributed by atoms with Crippen molar-refractivity contribution in [3.05, 3.63) is 18.5 Å². The van der Waals surface area contributed by atoms with E-state index in [4.69, 9.17) is 0 Å². The smallest absolute Gasteiger partial charge is 0.0549 e. The van der Waals surface area contributed by atoms with Crippen molar-refractivity contribution >= 4 is 11.4 Å². The monoisotopic (exact) mass is 233 g/mol. The fraction of sp³-hybridized carbons (Fsp3) is 0.643. The molecule has 1 aromatic heterocycles. The molecule has 17 heavy (non-hydrogen) atoms. The van der Waals surface area contributed by atoms with E-state index in [0.717, 1.165) is 23.2 Å². The van der Waals surface area contributed by atoms with Gasteiger partial charge in [0.2, 0.25) is 0 Å². The summed E-state index contributed by atoms with van der Waals surface area (Å²) < 4.78 is 0. The zero-order chi connectivity index (χ0) is 12.3. The van der Waals surface area contributed by atoms with Gasteiger partial charge in [0.25, 0.3) is 0 Å². The Hall–Kier alpha value is -1.25. The molecule has 0 spiro atoms. The predicted molar refractivity (Wildman–Crippen MR) is 73.4 cm³/mol. The highest BCUT2D eigenvalue weighted by atomic mass is 15.0. The van der Waals surface area contributed by atoms with E-state index in [0.29, 0.717) is 6.04 Å². The minimum atomic E-state index is 0.590. The molecule has 1 heterocycles. The van der Waals surface area contributed by atoms with E-state index in [1.165, 1.54) is 19.3 Å². The molecule has 1 saturated carbocycles. The number of rotatable bonds is 3. The van der Waals surface area contributed by atoms with Crippen LogP contribution in [0.5, 0.6) is 0 Å². The minimum absolute atomic E-state index is 0.590. The van der Waals surface area contributed by atoms with Crippen molar-refractivity contribution in [2.24, 2.45) is 11.8 Å². The molecule has 0 aromatic carbocycles. The Bertz CT molecular complexity index is 364. The maximum atomic E-state index is 4.24. The first-order chi connectivity index (χ1) is 8.20. The lowest BCUT2D eigenvalue weighted by atomic mass is 9.78. The third-order valence-corrected chi connectivity index (χ3v) is 4.09. The van der Waals surface area contributed by atoms with Gasteiger partial charge in [-0.15, -0.1) is 0 Å². The van der Waals surface area contributed by atoms with E-state index in [2.05, 4.69) is 35.5 Å². The highest BCUT2D eigenvalue weighted by Crippen LogP contribution is 2.31. The molecule has 2 N–H and O–H groups in total. The Balaban J connectivity index is 2.04. The molecule has 1 fully saturated rings. The van der Waals surface area contributed by atoms with Crippen molar-refractivity contribution in [3.63, 3.8) is 0 Å². The van der Waals surface area contributed by atoms with E-state index in [-0.39, 0.29) is 0 Å². The van der Waals surface area contributed by atoms with Crippen LogP contribution < -0.4 is 10.6 Å². The molecule has 3 nitrogen and oxygen atoms in total. The Labute approximate surface area is 104 Å². The number of hydrogen-bond acceptors (Lipinski definition) is 3. The number of hydrogen-bond donors (Lipinski definition) is 2. The normalized spacial score (nSPS) is 28.8. The van der Waals surface area contributed by atoms with Gasteiger partial charge in [-0.2, -0.15) is 0 Å². The molecule has 3 unspecified atom stereocenters. The molecule has 1 aromatic rings. The summed E-state index contributed by atoms with van der Waals surface area (Å²) >= 11 is 0. The van der Waals surface area contributed by atoms with Gasteiger partial charge in [-0.25, -0.2) is 0 Å². The largest absolute Gasteiger partial charge is 0.387 e. The van der Waals surface area contributed by atoms with Gasteiger partial charge in [-0.05, 0) is 24.3 Å². The minimum Gasteiger partial charge on any atom is -0.387 e. The van der Waals surface area contributed by atoms with Crippen LogP contribution in [0, 0.1) is 11.8 Å². The molecule has 0 bridgehead atoms. The molecule has 2 rings (SSSR count). The Morgan fingerprint density at radius 1 is 1.18 bits per heavy atom. The van der Waals surface area contributed by atoms with E-state index >= 15 is 0 Å². The van der Waals surface area contributed by atoms with Crippen LogP contribution in [0.3, 0.4) is 0 Å². The summed E-state index contributed by atoms with van der Waals surface area (Å²) in [6.07, 6.45) is 7.73. The highest BCUT2D eigenvalue weighted by molar-refractivity contribution is 5.54. The highest BCUT2D eigenvalue weighted by Gasteiger charge is 2.26. The summed E-state index contributed by atoms with van der Waals surface area (Å²) in [6.45, 7) is 4.72. The Morgan fingerprint density at radius 2 is 1.94 bits per heavy atom. The van der Waals surface area contributed by atoms with E-state index in [1.54, 1.807) is 0 Å². The molecule has 3 atom stereocenters. The molecular formula is C14H23N3. The van der Waals surface area contributed by atoms with Crippen LogP contribution in [0.4, 0.5) is 11.4 Å². The summed E-state index contributed by atoms with van der Waals surface area (Å²) in [4.78, 5) is 4.24. The van der Waals surface area contributed by atoms with Gasteiger partial charge >= 0.3 is 0 Å². The van der Waals surface area contributed by atoms with Crippen LogP contribution in [0.15, 0.2) is 18.5 Å². The van der Waals surface area contributed by atoms with Gasteiger partial charge in [0.05, 0.1) is 23.8 Å². The lowest BCUT2D eigenvalue weighted by Crippen LogP contribution is -2.35. The molecule has 0 aliphatic heterocycles. The summed E-state index contributed by atoms with van der Waals surface area (Å²) in [5.41, 5.74) is 2.19. The zero-order valence-electron chi connectivity index (χ0n) is 11.0. The first-order valence-electron chi connectivity index (χ1n) is 6.60.